The van der Waals surface area contributed by atoms with Gasteiger partial charge in [0.2, 0.25) is 5.91 Å². The van der Waals surface area contributed by atoms with Crippen molar-refractivity contribution >= 4 is 5.91 Å². The van der Waals surface area contributed by atoms with Crippen LogP contribution in [0.4, 0.5) is 0 Å². The molecule has 0 aliphatic heterocycles. The molecule has 0 rings (SSSR count). The third-order valence-electron chi connectivity index (χ3n) is 2.77. The maximum absolute atomic E-state index is 11.6. The van der Waals surface area contributed by atoms with Gasteiger partial charge in [-0.1, -0.05) is 13.8 Å². The summed E-state index contributed by atoms with van der Waals surface area (Å²) < 4.78 is 0. The van der Waals surface area contributed by atoms with Crippen molar-refractivity contribution < 1.29 is 4.79 Å². The number of nitriles is 1. The highest BCUT2D eigenvalue weighted by Crippen LogP contribution is 2.19. The van der Waals surface area contributed by atoms with E-state index in [9.17, 15) is 4.79 Å². The van der Waals surface area contributed by atoms with E-state index in [0.717, 1.165) is 13.1 Å². The molecule has 1 amide bonds. The summed E-state index contributed by atoms with van der Waals surface area (Å²) in [5.74, 6) is -0.169. The molecule has 0 radical (unpaired) electrons. The van der Waals surface area contributed by atoms with Gasteiger partial charge in [0.15, 0.2) is 0 Å². The van der Waals surface area contributed by atoms with Crippen LogP contribution in [0.1, 0.15) is 27.2 Å². The summed E-state index contributed by atoms with van der Waals surface area (Å²) in [6.07, 6.45) is 0.541. The van der Waals surface area contributed by atoms with E-state index in [-0.39, 0.29) is 5.91 Å². The molecule has 4 heteroatoms. The Labute approximate surface area is 92.3 Å². The van der Waals surface area contributed by atoms with Gasteiger partial charge < -0.3 is 10.2 Å². The van der Waals surface area contributed by atoms with E-state index in [4.69, 9.17) is 5.26 Å². The molecule has 0 heterocycles. The number of rotatable bonds is 6. The minimum absolute atomic E-state index is 0.169. The minimum Gasteiger partial charge on any atom is -0.353 e. The lowest BCUT2D eigenvalue weighted by molar-refractivity contribution is -0.127. The molecule has 0 aromatic heterocycles. The van der Waals surface area contributed by atoms with Gasteiger partial charge in [-0.3, -0.25) is 4.79 Å². The Kier molecular flexibility index (Phi) is 5.95. The third kappa shape index (κ3) is 4.30. The average molecular weight is 211 g/mol. The van der Waals surface area contributed by atoms with Crippen molar-refractivity contribution in [2.24, 2.45) is 5.41 Å². The van der Waals surface area contributed by atoms with E-state index < -0.39 is 5.41 Å². The highest BCUT2D eigenvalue weighted by Gasteiger charge is 2.30. The van der Waals surface area contributed by atoms with Crippen molar-refractivity contribution in [2.45, 2.75) is 27.2 Å². The zero-order valence-corrected chi connectivity index (χ0v) is 10.1. The van der Waals surface area contributed by atoms with Crippen LogP contribution in [0.2, 0.25) is 0 Å². The number of nitrogens with zero attached hydrogens (tertiary/aromatic N) is 2. The Bertz CT molecular complexity index is 247. The van der Waals surface area contributed by atoms with Gasteiger partial charge in [0.25, 0.3) is 0 Å². The number of hydrogen-bond donors (Lipinski definition) is 1. The molecule has 0 aromatic rings. The van der Waals surface area contributed by atoms with E-state index in [0.29, 0.717) is 13.0 Å². The topological polar surface area (TPSA) is 56.1 Å². The molecule has 0 spiro atoms. The number of hydrogen-bond acceptors (Lipinski definition) is 3. The van der Waals surface area contributed by atoms with Gasteiger partial charge in [0.1, 0.15) is 5.41 Å². The summed E-state index contributed by atoms with van der Waals surface area (Å²) in [5, 5.41) is 11.7. The quantitative estimate of drug-likeness (QED) is 0.713. The lowest BCUT2D eigenvalue weighted by Crippen LogP contribution is -2.41. The molecule has 1 unspecified atom stereocenters. The zero-order valence-electron chi connectivity index (χ0n) is 10.1. The van der Waals surface area contributed by atoms with E-state index in [1.807, 2.05) is 14.0 Å². The van der Waals surface area contributed by atoms with Gasteiger partial charge in [0.05, 0.1) is 6.07 Å². The second-order valence-corrected chi connectivity index (χ2v) is 3.95. The predicted octanol–water partition coefficient (Wildman–Crippen LogP) is 0.994. The molecule has 0 fully saturated rings. The van der Waals surface area contributed by atoms with Gasteiger partial charge in [-0.05, 0) is 26.9 Å². The van der Waals surface area contributed by atoms with Crippen molar-refractivity contribution in [3.05, 3.63) is 0 Å². The average Bonchev–Trinajstić information content (AvgIpc) is 2.27. The van der Waals surface area contributed by atoms with E-state index in [1.54, 1.807) is 6.92 Å². The van der Waals surface area contributed by atoms with Gasteiger partial charge in [-0.25, -0.2) is 0 Å². The van der Waals surface area contributed by atoms with Crippen LogP contribution in [0.15, 0.2) is 0 Å². The van der Waals surface area contributed by atoms with Crippen molar-refractivity contribution in [1.82, 2.24) is 10.2 Å². The maximum atomic E-state index is 11.6. The molecule has 15 heavy (non-hydrogen) atoms. The summed E-state index contributed by atoms with van der Waals surface area (Å²) in [6.45, 7) is 7.95. The summed E-state index contributed by atoms with van der Waals surface area (Å²) in [5.41, 5.74) is -0.884. The lowest BCUT2D eigenvalue weighted by atomic mass is 9.88. The van der Waals surface area contributed by atoms with Crippen LogP contribution in [0, 0.1) is 16.7 Å². The first kappa shape index (κ1) is 13.9. The first-order valence-electron chi connectivity index (χ1n) is 5.38. The Morgan fingerprint density at radius 2 is 2.13 bits per heavy atom. The van der Waals surface area contributed by atoms with E-state index in [2.05, 4.69) is 23.2 Å². The summed E-state index contributed by atoms with van der Waals surface area (Å²) in [4.78, 5) is 13.8. The maximum Gasteiger partial charge on any atom is 0.240 e. The van der Waals surface area contributed by atoms with Crippen LogP contribution in [0.3, 0.4) is 0 Å². The smallest absolute Gasteiger partial charge is 0.240 e. The highest BCUT2D eigenvalue weighted by atomic mass is 16.2. The van der Waals surface area contributed by atoms with Crippen LogP contribution in [0.25, 0.3) is 0 Å². The van der Waals surface area contributed by atoms with E-state index in [1.165, 1.54) is 0 Å². The van der Waals surface area contributed by atoms with Crippen LogP contribution < -0.4 is 5.32 Å². The number of carbonyl (C=O) groups is 1. The van der Waals surface area contributed by atoms with Crippen LogP contribution >= 0.6 is 0 Å². The fraction of sp³-hybridized carbons (Fsp3) is 0.818. The predicted molar refractivity (Wildman–Crippen MR) is 60.2 cm³/mol. The number of carbonyl (C=O) groups excluding carboxylic acids is 1. The van der Waals surface area contributed by atoms with Crippen molar-refractivity contribution in [3.8, 4) is 6.07 Å². The fourth-order valence-electron chi connectivity index (χ4n) is 1.00. The molecule has 0 saturated heterocycles. The van der Waals surface area contributed by atoms with Crippen molar-refractivity contribution in [1.29, 1.82) is 5.26 Å². The second kappa shape index (κ2) is 6.41. The normalized spacial score (nSPS) is 14.4. The molecule has 1 N–H and O–H groups in total. The van der Waals surface area contributed by atoms with Crippen LogP contribution in [-0.2, 0) is 4.79 Å². The molecular weight excluding hydrogens is 190 g/mol. The van der Waals surface area contributed by atoms with Crippen LogP contribution in [0.5, 0.6) is 0 Å². The molecular formula is C11H21N3O. The molecule has 0 aliphatic rings. The first-order chi connectivity index (χ1) is 7.00. The lowest BCUT2D eigenvalue weighted by Gasteiger charge is -2.20. The first-order valence-corrected chi connectivity index (χ1v) is 5.38. The molecule has 0 aliphatic carbocycles. The monoisotopic (exact) mass is 211 g/mol. The Hall–Kier alpha value is -1.08. The number of amides is 1. The molecule has 1 atom stereocenters. The standard InChI is InChI=1S/C11H21N3O/c1-5-11(3,9-12)10(15)13-7-8-14(4)6-2/h5-8H2,1-4H3,(H,13,15). The summed E-state index contributed by atoms with van der Waals surface area (Å²) in [7, 11) is 2.00. The summed E-state index contributed by atoms with van der Waals surface area (Å²) in [6, 6.07) is 2.05. The van der Waals surface area contributed by atoms with Crippen molar-refractivity contribution in [2.75, 3.05) is 26.7 Å². The molecule has 0 bridgehead atoms. The number of nitrogens with one attached hydrogen (secondary N) is 1. The van der Waals surface area contributed by atoms with E-state index >= 15 is 0 Å². The third-order valence-corrected chi connectivity index (χ3v) is 2.77. The summed E-state index contributed by atoms with van der Waals surface area (Å²) >= 11 is 0. The van der Waals surface area contributed by atoms with Gasteiger partial charge in [-0.15, -0.1) is 0 Å². The molecule has 86 valence electrons. The number of likely N-dealkylation sites (N-methyl/N-ethyl adjacent to an activating group) is 1. The second-order valence-electron chi connectivity index (χ2n) is 3.95. The highest BCUT2D eigenvalue weighted by molar-refractivity contribution is 5.84. The zero-order chi connectivity index (χ0) is 11.9. The molecule has 4 nitrogen and oxygen atoms in total. The Morgan fingerprint density at radius 1 is 1.53 bits per heavy atom. The Balaban J connectivity index is 4.00. The van der Waals surface area contributed by atoms with Gasteiger partial charge in [-0.2, -0.15) is 5.26 Å². The SMILES string of the molecule is CCN(C)CCNC(=O)C(C)(C#N)CC. The molecule has 0 saturated carbocycles. The molecule has 0 aromatic carbocycles. The Morgan fingerprint density at radius 3 is 2.53 bits per heavy atom. The van der Waals surface area contributed by atoms with Gasteiger partial charge in [0, 0.05) is 13.1 Å². The van der Waals surface area contributed by atoms with Crippen molar-refractivity contribution in [3.63, 3.8) is 0 Å². The minimum atomic E-state index is -0.884. The van der Waals surface area contributed by atoms with Gasteiger partial charge >= 0.3 is 0 Å². The fourth-order valence-corrected chi connectivity index (χ4v) is 1.00. The van der Waals surface area contributed by atoms with Crippen LogP contribution in [-0.4, -0.2) is 37.5 Å². The largest absolute Gasteiger partial charge is 0.353 e.